The van der Waals surface area contributed by atoms with Gasteiger partial charge in [-0.15, -0.1) is 0 Å². The lowest BCUT2D eigenvalue weighted by Crippen LogP contribution is -2.13. The first-order valence-corrected chi connectivity index (χ1v) is 5.44. The lowest BCUT2D eigenvalue weighted by molar-refractivity contribution is 0.678. The SMILES string of the molecule is CC1=CC=C2C(C(C)C)=CC=CC2C1. The van der Waals surface area contributed by atoms with Crippen LogP contribution in [0.25, 0.3) is 0 Å². The fraction of sp³-hybridized carbons (Fsp3) is 0.429. The van der Waals surface area contributed by atoms with E-state index in [0.29, 0.717) is 11.8 Å². The molecule has 2 aliphatic carbocycles. The van der Waals surface area contributed by atoms with Crippen LogP contribution >= 0.6 is 0 Å². The summed E-state index contributed by atoms with van der Waals surface area (Å²) in [7, 11) is 0. The van der Waals surface area contributed by atoms with Gasteiger partial charge in [0.05, 0.1) is 0 Å². The molecule has 0 heterocycles. The van der Waals surface area contributed by atoms with Crippen LogP contribution < -0.4 is 0 Å². The highest BCUT2D eigenvalue weighted by atomic mass is 14.3. The number of hydrogen-bond donors (Lipinski definition) is 0. The van der Waals surface area contributed by atoms with Crippen molar-refractivity contribution in [2.75, 3.05) is 0 Å². The quantitative estimate of drug-likeness (QED) is 0.580. The minimum absolute atomic E-state index is 0.639. The Labute approximate surface area is 86.7 Å². The Balaban J connectivity index is 2.37. The van der Waals surface area contributed by atoms with E-state index in [0.717, 1.165) is 0 Å². The van der Waals surface area contributed by atoms with Crippen LogP contribution in [-0.4, -0.2) is 0 Å². The monoisotopic (exact) mass is 186 g/mol. The van der Waals surface area contributed by atoms with Crippen molar-refractivity contribution in [3.63, 3.8) is 0 Å². The molecule has 0 saturated carbocycles. The molecule has 0 aromatic heterocycles. The molecule has 2 rings (SSSR count). The van der Waals surface area contributed by atoms with Crippen molar-refractivity contribution in [2.24, 2.45) is 11.8 Å². The first-order valence-electron chi connectivity index (χ1n) is 5.44. The van der Waals surface area contributed by atoms with Gasteiger partial charge in [0.2, 0.25) is 0 Å². The largest absolute Gasteiger partial charge is 0.0767 e. The van der Waals surface area contributed by atoms with Crippen molar-refractivity contribution in [2.45, 2.75) is 27.2 Å². The van der Waals surface area contributed by atoms with E-state index in [9.17, 15) is 0 Å². The first kappa shape index (κ1) is 9.51. The molecule has 0 aromatic carbocycles. The molecule has 1 unspecified atom stereocenters. The van der Waals surface area contributed by atoms with E-state index in [1.54, 1.807) is 0 Å². The van der Waals surface area contributed by atoms with Crippen molar-refractivity contribution in [1.82, 2.24) is 0 Å². The van der Waals surface area contributed by atoms with E-state index in [4.69, 9.17) is 0 Å². The summed E-state index contributed by atoms with van der Waals surface area (Å²) in [6, 6.07) is 0. The van der Waals surface area contributed by atoms with Crippen LogP contribution in [0.15, 0.2) is 47.1 Å². The van der Waals surface area contributed by atoms with Gasteiger partial charge >= 0.3 is 0 Å². The van der Waals surface area contributed by atoms with Crippen molar-refractivity contribution in [3.05, 3.63) is 47.1 Å². The number of rotatable bonds is 1. The Morgan fingerprint density at radius 3 is 2.71 bits per heavy atom. The van der Waals surface area contributed by atoms with Crippen molar-refractivity contribution in [3.8, 4) is 0 Å². The van der Waals surface area contributed by atoms with Crippen LogP contribution in [0.2, 0.25) is 0 Å². The second-order valence-electron chi connectivity index (χ2n) is 4.61. The summed E-state index contributed by atoms with van der Waals surface area (Å²) in [6.07, 6.45) is 12.6. The third-order valence-corrected chi connectivity index (χ3v) is 3.06. The van der Waals surface area contributed by atoms with Gasteiger partial charge in [-0.25, -0.2) is 0 Å². The molecule has 0 radical (unpaired) electrons. The maximum atomic E-state index is 2.33. The van der Waals surface area contributed by atoms with E-state index in [1.165, 1.54) is 23.1 Å². The summed E-state index contributed by atoms with van der Waals surface area (Å²) >= 11 is 0. The Bertz CT molecular complexity index is 348. The maximum absolute atomic E-state index is 2.33. The van der Waals surface area contributed by atoms with Gasteiger partial charge in [0.15, 0.2) is 0 Å². The van der Waals surface area contributed by atoms with Gasteiger partial charge < -0.3 is 0 Å². The number of allylic oxidation sites excluding steroid dienone is 8. The zero-order valence-electron chi connectivity index (χ0n) is 9.25. The van der Waals surface area contributed by atoms with E-state index in [-0.39, 0.29) is 0 Å². The average Bonchev–Trinajstić information content (AvgIpc) is 2.16. The standard InChI is InChI=1S/C14H18/c1-10(2)13-6-4-5-12-9-11(3)7-8-14(12)13/h4-8,10,12H,9H2,1-3H3. The molecule has 0 bridgehead atoms. The van der Waals surface area contributed by atoms with E-state index in [1.807, 2.05) is 0 Å². The van der Waals surface area contributed by atoms with Gasteiger partial charge in [-0.05, 0) is 30.4 Å². The molecule has 0 fully saturated rings. The Morgan fingerprint density at radius 2 is 2.00 bits per heavy atom. The van der Waals surface area contributed by atoms with Crippen molar-refractivity contribution >= 4 is 0 Å². The first-order chi connectivity index (χ1) is 6.68. The van der Waals surface area contributed by atoms with E-state index < -0.39 is 0 Å². The van der Waals surface area contributed by atoms with E-state index >= 15 is 0 Å². The summed E-state index contributed by atoms with van der Waals surface area (Å²) in [5, 5.41) is 0. The van der Waals surface area contributed by atoms with Crippen LogP contribution in [-0.2, 0) is 0 Å². The highest BCUT2D eigenvalue weighted by Crippen LogP contribution is 2.36. The second-order valence-corrected chi connectivity index (χ2v) is 4.61. The van der Waals surface area contributed by atoms with Crippen molar-refractivity contribution < 1.29 is 0 Å². The fourth-order valence-corrected chi connectivity index (χ4v) is 2.28. The predicted octanol–water partition coefficient (Wildman–Crippen LogP) is 4.03. The molecule has 0 saturated heterocycles. The van der Waals surface area contributed by atoms with Crippen LogP contribution in [0, 0.1) is 11.8 Å². The molecule has 0 nitrogen and oxygen atoms in total. The minimum atomic E-state index is 0.639. The van der Waals surface area contributed by atoms with Crippen molar-refractivity contribution in [1.29, 1.82) is 0 Å². The smallest absolute Gasteiger partial charge is 0.00610 e. The zero-order chi connectivity index (χ0) is 10.1. The molecule has 0 N–H and O–H groups in total. The van der Waals surface area contributed by atoms with Crippen LogP contribution in [0.4, 0.5) is 0 Å². The molecule has 1 atom stereocenters. The van der Waals surface area contributed by atoms with Crippen LogP contribution in [0.5, 0.6) is 0 Å². The van der Waals surface area contributed by atoms with E-state index in [2.05, 4.69) is 51.2 Å². The predicted molar refractivity (Wildman–Crippen MR) is 62.0 cm³/mol. The summed E-state index contributed by atoms with van der Waals surface area (Å²) in [5.74, 6) is 1.28. The van der Waals surface area contributed by atoms with Gasteiger partial charge in [0.1, 0.15) is 0 Å². The number of hydrogen-bond acceptors (Lipinski definition) is 0. The molecule has 74 valence electrons. The summed E-state index contributed by atoms with van der Waals surface area (Å²) < 4.78 is 0. The lowest BCUT2D eigenvalue weighted by Gasteiger charge is -2.27. The molecule has 0 amide bonds. The van der Waals surface area contributed by atoms with Gasteiger partial charge in [-0.1, -0.05) is 49.8 Å². The zero-order valence-corrected chi connectivity index (χ0v) is 9.25. The second kappa shape index (κ2) is 3.61. The fourth-order valence-electron chi connectivity index (χ4n) is 2.28. The Morgan fingerprint density at radius 1 is 1.21 bits per heavy atom. The summed E-state index contributed by atoms with van der Waals surface area (Å²) in [6.45, 7) is 6.76. The minimum Gasteiger partial charge on any atom is -0.0767 e. The summed E-state index contributed by atoms with van der Waals surface area (Å²) in [5.41, 5.74) is 4.54. The summed E-state index contributed by atoms with van der Waals surface area (Å²) in [4.78, 5) is 0. The average molecular weight is 186 g/mol. The highest BCUT2D eigenvalue weighted by Gasteiger charge is 2.21. The lowest BCUT2D eigenvalue weighted by atomic mass is 9.77. The normalized spacial score (nSPS) is 25.4. The van der Waals surface area contributed by atoms with Crippen LogP contribution in [0.3, 0.4) is 0 Å². The maximum Gasteiger partial charge on any atom is 0.00610 e. The molecular weight excluding hydrogens is 168 g/mol. The third-order valence-electron chi connectivity index (χ3n) is 3.06. The van der Waals surface area contributed by atoms with Gasteiger partial charge in [0, 0.05) is 5.92 Å². The highest BCUT2D eigenvalue weighted by molar-refractivity contribution is 5.47. The van der Waals surface area contributed by atoms with Gasteiger partial charge in [0.25, 0.3) is 0 Å². The molecule has 0 heteroatoms. The topological polar surface area (TPSA) is 0 Å². The third kappa shape index (κ3) is 1.61. The molecule has 0 aromatic rings. The molecule has 2 aliphatic rings. The van der Waals surface area contributed by atoms with Crippen LogP contribution in [0.1, 0.15) is 27.2 Å². The molecule has 0 spiro atoms. The van der Waals surface area contributed by atoms with Gasteiger partial charge in [-0.3, -0.25) is 0 Å². The molecule has 14 heavy (non-hydrogen) atoms. The molecular formula is C14H18. The number of fused-ring (bicyclic) bond motifs is 1. The Kier molecular flexibility index (Phi) is 2.45. The molecule has 0 aliphatic heterocycles. The van der Waals surface area contributed by atoms with Gasteiger partial charge in [-0.2, -0.15) is 0 Å². The Hall–Kier alpha value is -1.04.